The highest BCUT2D eigenvalue weighted by Gasteiger charge is 2.37. The molecule has 1 N–H and O–H groups in total. The van der Waals surface area contributed by atoms with Crippen molar-refractivity contribution in [2.75, 3.05) is 44.3 Å². The highest BCUT2D eigenvalue weighted by molar-refractivity contribution is 5.80. The minimum absolute atomic E-state index is 0.180. The molecular formula is C18H26N4O2. The maximum atomic E-state index is 12.6. The molecule has 0 unspecified atom stereocenters. The van der Waals surface area contributed by atoms with Gasteiger partial charge in [-0.2, -0.15) is 0 Å². The van der Waals surface area contributed by atoms with Gasteiger partial charge >= 0.3 is 0 Å². The third kappa shape index (κ3) is 3.26. The number of likely N-dealkylation sites (tertiary alicyclic amines) is 1. The van der Waals surface area contributed by atoms with Gasteiger partial charge in [-0.05, 0) is 31.4 Å². The van der Waals surface area contributed by atoms with Crippen LogP contribution in [0.5, 0.6) is 0 Å². The lowest BCUT2D eigenvalue weighted by Gasteiger charge is -2.45. The molecule has 1 aromatic heterocycles. The van der Waals surface area contributed by atoms with Crippen LogP contribution in [0.2, 0.25) is 0 Å². The first-order valence-corrected chi connectivity index (χ1v) is 8.99. The number of carbonyl (C=O) groups excluding carboxylic acids is 1. The second-order valence-electron chi connectivity index (χ2n) is 7.30. The van der Waals surface area contributed by atoms with Gasteiger partial charge in [-0.15, -0.1) is 0 Å². The number of ether oxygens (including phenoxy) is 1. The number of piperidine rings is 1. The van der Waals surface area contributed by atoms with E-state index in [2.05, 4.69) is 34.3 Å². The van der Waals surface area contributed by atoms with E-state index in [-0.39, 0.29) is 5.92 Å². The van der Waals surface area contributed by atoms with Gasteiger partial charge < -0.3 is 19.9 Å². The smallest absolute Gasteiger partial charge is 0.225 e. The van der Waals surface area contributed by atoms with Gasteiger partial charge in [-0.1, -0.05) is 6.07 Å². The van der Waals surface area contributed by atoms with E-state index in [4.69, 9.17) is 4.74 Å². The lowest BCUT2D eigenvalue weighted by Crippen LogP contribution is -2.65. The van der Waals surface area contributed by atoms with Crippen LogP contribution in [0.3, 0.4) is 0 Å². The van der Waals surface area contributed by atoms with Gasteiger partial charge in [0.2, 0.25) is 5.91 Å². The Morgan fingerprint density at radius 2 is 1.96 bits per heavy atom. The first kappa shape index (κ1) is 15.8. The SMILES string of the molecule is Cc1ccc(N2CCC(C(=O)N3CC(NC4COC4)C3)CC2)nc1. The van der Waals surface area contributed by atoms with E-state index in [0.717, 1.165) is 58.1 Å². The van der Waals surface area contributed by atoms with Crippen molar-refractivity contribution < 1.29 is 9.53 Å². The van der Waals surface area contributed by atoms with Crippen molar-refractivity contribution in [3.05, 3.63) is 23.9 Å². The maximum Gasteiger partial charge on any atom is 0.225 e. The van der Waals surface area contributed by atoms with Crippen molar-refractivity contribution >= 4 is 11.7 Å². The second kappa shape index (κ2) is 6.69. The van der Waals surface area contributed by atoms with Crippen molar-refractivity contribution in [2.24, 2.45) is 5.92 Å². The van der Waals surface area contributed by atoms with Gasteiger partial charge in [0.25, 0.3) is 0 Å². The second-order valence-corrected chi connectivity index (χ2v) is 7.30. The minimum atomic E-state index is 0.180. The topological polar surface area (TPSA) is 57.7 Å². The van der Waals surface area contributed by atoms with Crippen molar-refractivity contribution in [3.8, 4) is 0 Å². The summed E-state index contributed by atoms with van der Waals surface area (Å²) in [7, 11) is 0. The molecule has 24 heavy (non-hydrogen) atoms. The van der Waals surface area contributed by atoms with Crippen LogP contribution in [-0.2, 0) is 9.53 Å². The molecule has 0 atom stereocenters. The predicted octanol–water partition coefficient (Wildman–Crippen LogP) is 0.806. The molecule has 0 spiro atoms. The van der Waals surface area contributed by atoms with Gasteiger partial charge in [-0.25, -0.2) is 4.98 Å². The summed E-state index contributed by atoms with van der Waals surface area (Å²) in [5.41, 5.74) is 1.18. The quantitative estimate of drug-likeness (QED) is 0.885. The molecular weight excluding hydrogens is 304 g/mol. The number of pyridine rings is 1. The van der Waals surface area contributed by atoms with Gasteiger partial charge in [0, 0.05) is 44.3 Å². The highest BCUT2D eigenvalue weighted by atomic mass is 16.5. The Bertz CT molecular complexity index is 573. The van der Waals surface area contributed by atoms with Crippen LogP contribution < -0.4 is 10.2 Å². The number of nitrogens with zero attached hydrogens (tertiary/aromatic N) is 3. The first-order valence-electron chi connectivity index (χ1n) is 8.99. The van der Waals surface area contributed by atoms with Gasteiger partial charge in [0.05, 0.1) is 19.3 Å². The summed E-state index contributed by atoms with van der Waals surface area (Å²) in [6, 6.07) is 5.13. The Morgan fingerprint density at radius 3 is 2.54 bits per heavy atom. The van der Waals surface area contributed by atoms with E-state index in [1.54, 1.807) is 0 Å². The number of aryl methyl sites for hydroxylation is 1. The molecule has 6 heteroatoms. The first-order chi connectivity index (χ1) is 11.7. The van der Waals surface area contributed by atoms with Gasteiger partial charge in [0.15, 0.2) is 0 Å². The van der Waals surface area contributed by atoms with Crippen LogP contribution in [0, 0.1) is 12.8 Å². The largest absolute Gasteiger partial charge is 0.378 e. The number of rotatable bonds is 4. The van der Waals surface area contributed by atoms with Crippen molar-refractivity contribution in [1.82, 2.24) is 15.2 Å². The molecule has 0 bridgehead atoms. The van der Waals surface area contributed by atoms with E-state index in [1.165, 1.54) is 5.56 Å². The highest BCUT2D eigenvalue weighted by Crippen LogP contribution is 2.25. The summed E-state index contributed by atoms with van der Waals surface area (Å²) in [4.78, 5) is 21.4. The Labute approximate surface area is 143 Å². The monoisotopic (exact) mass is 330 g/mol. The number of amides is 1. The fraction of sp³-hybridized carbons (Fsp3) is 0.667. The van der Waals surface area contributed by atoms with E-state index < -0.39 is 0 Å². The zero-order chi connectivity index (χ0) is 16.5. The molecule has 0 aliphatic carbocycles. The van der Waals surface area contributed by atoms with Crippen LogP contribution in [0.25, 0.3) is 0 Å². The molecule has 3 aliphatic rings. The third-order valence-corrected chi connectivity index (χ3v) is 5.37. The summed E-state index contributed by atoms with van der Waals surface area (Å²) in [5.74, 6) is 1.55. The van der Waals surface area contributed by atoms with E-state index in [0.29, 0.717) is 18.0 Å². The Kier molecular flexibility index (Phi) is 4.41. The fourth-order valence-electron chi connectivity index (χ4n) is 3.69. The van der Waals surface area contributed by atoms with Crippen LogP contribution in [-0.4, -0.2) is 67.3 Å². The molecule has 4 heterocycles. The Hall–Kier alpha value is -1.66. The van der Waals surface area contributed by atoms with Crippen LogP contribution in [0.1, 0.15) is 18.4 Å². The molecule has 3 aliphatic heterocycles. The number of hydrogen-bond acceptors (Lipinski definition) is 5. The molecule has 3 saturated heterocycles. The van der Waals surface area contributed by atoms with E-state index >= 15 is 0 Å². The average Bonchev–Trinajstić information content (AvgIpc) is 2.52. The Morgan fingerprint density at radius 1 is 1.21 bits per heavy atom. The molecule has 0 radical (unpaired) electrons. The number of aromatic nitrogens is 1. The van der Waals surface area contributed by atoms with Crippen LogP contribution in [0.15, 0.2) is 18.3 Å². The summed E-state index contributed by atoms with van der Waals surface area (Å²) in [5, 5.41) is 3.54. The molecule has 130 valence electrons. The summed E-state index contributed by atoms with van der Waals surface area (Å²) < 4.78 is 5.17. The zero-order valence-corrected chi connectivity index (χ0v) is 14.3. The Balaban J connectivity index is 1.22. The van der Waals surface area contributed by atoms with E-state index in [9.17, 15) is 4.79 Å². The number of carbonyl (C=O) groups is 1. The molecule has 1 aromatic rings. The lowest BCUT2D eigenvalue weighted by atomic mass is 9.93. The zero-order valence-electron chi connectivity index (χ0n) is 14.3. The number of anilines is 1. The predicted molar refractivity (Wildman–Crippen MR) is 92.0 cm³/mol. The van der Waals surface area contributed by atoms with Crippen LogP contribution >= 0.6 is 0 Å². The summed E-state index contributed by atoms with van der Waals surface area (Å²) in [6.45, 7) is 7.23. The molecule has 6 nitrogen and oxygen atoms in total. The molecule has 1 amide bonds. The van der Waals surface area contributed by atoms with Gasteiger partial charge in [-0.3, -0.25) is 4.79 Å². The summed E-state index contributed by atoms with van der Waals surface area (Å²) >= 11 is 0. The average molecular weight is 330 g/mol. The number of nitrogens with one attached hydrogen (secondary N) is 1. The summed E-state index contributed by atoms with van der Waals surface area (Å²) in [6.07, 6.45) is 3.77. The third-order valence-electron chi connectivity index (χ3n) is 5.37. The van der Waals surface area contributed by atoms with Crippen LogP contribution in [0.4, 0.5) is 5.82 Å². The lowest BCUT2D eigenvalue weighted by molar-refractivity contribution is -0.142. The normalized spacial score (nSPS) is 23.0. The van der Waals surface area contributed by atoms with Crippen molar-refractivity contribution in [1.29, 1.82) is 0 Å². The minimum Gasteiger partial charge on any atom is -0.378 e. The van der Waals surface area contributed by atoms with Gasteiger partial charge in [0.1, 0.15) is 5.82 Å². The standard InChI is InChI=1S/C18H26N4O2/c1-13-2-3-17(19-8-13)21-6-4-14(5-7-21)18(23)22-9-15(10-22)20-16-11-24-12-16/h2-3,8,14-16,20H,4-7,9-12H2,1H3. The molecule has 3 fully saturated rings. The maximum absolute atomic E-state index is 12.6. The molecule has 4 rings (SSSR count). The van der Waals surface area contributed by atoms with Crippen molar-refractivity contribution in [3.63, 3.8) is 0 Å². The van der Waals surface area contributed by atoms with E-state index in [1.807, 2.05) is 11.1 Å². The fourth-order valence-corrected chi connectivity index (χ4v) is 3.69. The number of hydrogen-bond donors (Lipinski definition) is 1. The van der Waals surface area contributed by atoms with Crippen molar-refractivity contribution in [2.45, 2.75) is 31.8 Å². The molecule has 0 saturated carbocycles. The molecule has 0 aromatic carbocycles.